The third-order valence-corrected chi connectivity index (χ3v) is 2.77. The molecule has 0 spiro atoms. The molecular weight excluding hydrogens is 309 g/mol. The molecule has 8 heteroatoms. The van der Waals surface area contributed by atoms with E-state index in [2.05, 4.69) is 20.8 Å². The number of nitrogens with one attached hydrogen (secondary N) is 2. The summed E-state index contributed by atoms with van der Waals surface area (Å²) in [7, 11) is 0. The van der Waals surface area contributed by atoms with Crippen LogP contribution in [0, 0.1) is 0 Å². The predicted octanol–water partition coefficient (Wildman–Crippen LogP) is 2.66. The van der Waals surface area contributed by atoms with Crippen molar-refractivity contribution in [3.63, 3.8) is 0 Å². The normalized spacial score (nSPS) is 11.4. The maximum Gasteiger partial charge on any atom is 0.416 e. The zero-order chi connectivity index (χ0) is 16.7. The van der Waals surface area contributed by atoms with Gasteiger partial charge in [-0.2, -0.15) is 18.3 Å². The molecule has 0 aliphatic carbocycles. The monoisotopic (exact) mass is 322 g/mol. The molecule has 2 N–H and O–H groups in total. The Kier molecular flexibility index (Phi) is 5.29. The topological polar surface area (TPSA) is 66.4 Å². The van der Waals surface area contributed by atoms with Crippen LogP contribution in [0.25, 0.3) is 0 Å². The van der Waals surface area contributed by atoms with Gasteiger partial charge >= 0.3 is 6.18 Å². The molecule has 2 rings (SSSR count). The molecule has 1 heterocycles. The Morgan fingerprint density at radius 1 is 1.13 bits per heavy atom. The van der Waals surface area contributed by atoms with Gasteiger partial charge in [-0.1, -0.05) is 0 Å². The maximum absolute atomic E-state index is 12.4. The van der Waals surface area contributed by atoms with Gasteiger partial charge in [-0.05, 0) is 42.0 Å². The van der Waals surface area contributed by atoms with Crippen molar-refractivity contribution in [3.8, 4) is 0 Å². The van der Waals surface area contributed by atoms with Crippen molar-refractivity contribution in [1.29, 1.82) is 0 Å². The van der Waals surface area contributed by atoms with E-state index < -0.39 is 17.6 Å². The van der Waals surface area contributed by atoms with Crippen LogP contribution >= 0.6 is 0 Å². The summed E-state index contributed by atoms with van der Waals surface area (Å²) in [6.07, 6.45) is 0.264. The molecule has 23 heavy (non-hydrogen) atoms. The first kappa shape index (κ1) is 16.5. The second-order valence-corrected chi connectivity index (χ2v) is 4.50. The highest BCUT2D eigenvalue weighted by atomic mass is 19.4. The molecule has 5 nitrogen and oxygen atoms in total. The number of carbonyl (C=O) groups is 1. The first-order valence-corrected chi connectivity index (χ1v) is 6.58. The second-order valence-electron chi connectivity index (χ2n) is 4.50. The molecule has 0 saturated carbocycles. The number of amides is 1. The number of halogens is 3. The molecular formula is C15H13F3N4O. The van der Waals surface area contributed by atoms with Crippen LogP contribution in [-0.4, -0.2) is 23.7 Å². The molecule has 0 atom stereocenters. The molecule has 1 aromatic carbocycles. The van der Waals surface area contributed by atoms with E-state index >= 15 is 0 Å². The highest BCUT2D eigenvalue weighted by molar-refractivity contribution is 5.84. The Morgan fingerprint density at radius 2 is 1.78 bits per heavy atom. The highest BCUT2D eigenvalue weighted by Crippen LogP contribution is 2.29. The zero-order valence-corrected chi connectivity index (χ0v) is 11.8. The fourth-order valence-corrected chi connectivity index (χ4v) is 1.63. The van der Waals surface area contributed by atoms with Crippen molar-refractivity contribution < 1.29 is 18.0 Å². The van der Waals surface area contributed by atoms with E-state index in [4.69, 9.17) is 0 Å². The van der Waals surface area contributed by atoms with Gasteiger partial charge in [0.15, 0.2) is 0 Å². The van der Waals surface area contributed by atoms with Crippen molar-refractivity contribution in [1.82, 2.24) is 10.4 Å². The number of rotatable bonds is 5. The van der Waals surface area contributed by atoms with E-state index in [0.717, 1.165) is 17.7 Å². The fraction of sp³-hybridized carbons (Fsp3) is 0.133. The minimum absolute atomic E-state index is 0.112. The van der Waals surface area contributed by atoms with E-state index in [1.165, 1.54) is 18.3 Å². The van der Waals surface area contributed by atoms with E-state index in [-0.39, 0.29) is 6.54 Å². The number of nitrogens with zero attached hydrogens (tertiary/aromatic N) is 2. The van der Waals surface area contributed by atoms with Crippen molar-refractivity contribution in [3.05, 3.63) is 59.9 Å². The first-order valence-electron chi connectivity index (χ1n) is 6.58. The number of hydrazone groups is 1. The molecule has 0 unspecified atom stereocenters. The number of alkyl halides is 3. The van der Waals surface area contributed by atoms with Gasteiger partial charge in [-0.15, -0.1) is 0 Å². The van der Waals surface area contributed by atoms with Gasteiger partial charge in [0, 0.05) is 18.1 Å². The molecule has 0 aliphatic rings. The largest absolute Gasteiger partial charge is 0.416 e. The van der Waals surface area contributed by atoms with Crippen LogP contribution in [0.4, 0.5) is 18.9 Å². The molecule has 0 fully saturated rings. The Labute approximate surface area is 130 Å². The summed E-state index contributed by atoms with van der Waals surface area (Å²) in [5.41, 5.74) is 2.75. The Hall–Kier alpha value is -2.90. The van der Waals surface area contributed by atoms with Gasteiger partial charge in [0.05, 0.1) is 18.3 Å². The average Bonchev–Trinajstić information content (AvgIpc) is 2.53. The maximum atomic E-state index is 12.4. The summed E-state index contributed by atoms with van der Waals surface area (Å²) in [6.45, 7) is -0.112. The minimum atomic E-state index is -4.38. The van der Waals surface area contributed by atoms with E-state index in [1.54, 1.807) is 24.5 Å². The van der Waals surface area contributed by atoms with Gasteiger partial charge in [0.1, 0.15) is 0 Å². The number of hydrogen-bond acceptors (Lipinski definition) is 4. The number of pyridine rings is 1. The summed E-state index contributed by atoms with van der Waals surface area (Å²) in [5.74, 6) is -0.421. The molecule has 0 saturated heterocycles. The Balaban J connectivity index is 1.79. The smallest absolute Gasteiger partial charge is 0.376 e. The average molecular weight is 322 g/mol. The SMILES string of the molecule is O=C(CNc1ccc(C(F)(F)F)cc1)N/N=C/c1ccncc1. The van der Waals surface area contributed by atoms with Crippen molar-refractivity contribution >= 4 is 17.8 Å². The third kappa shape index (κ3) is 5.42. The van der Waals surface area contributed by atoms with Crippen molar-refractivity contribution in [2.45, 2.75) is 6.18 Å². The summed E-state index contributed by atoms with van der Waals surface area (Å²) in [5, 5.41) is 6.47. The lowest BCUT2D eigenvalue weighted by Crippen LogP contribution is -2.25. The number of aromatic nitrogens is 1. The van der Waals surface area contributed by atoms with Gasteiger partial charge in [-0.3, -0.25) is 9.78 Å². The van der Waals surface area contributed by atoms with Gasteiger partial charge in [-0.25, -0.2) is 5.43 Å². The summed E-state index contributed by atoms with van der Waals surface area (Å²) >= 11 is 0. The third-order valence-electron chi connectivity index (χ3n) is 2.77. The van der Waals surface area contributed by atoms with Crippen LogP contribution < -0.4 is 10.7 Å². The van der Waals surface area contributed by atoms with Gasteiger partial charge in [0.2, 0.25) is 0 Å². The van der Waals surface area contributed by atoms with Crippen molar-refractivity contribution in [2.24, 2.45) is 5.10 Å². The molecule has 0 radical (unpaired) electrons. The van der Waals surface area contributed by atoms with Gasteiger partial charge in [0.25, 0.3) is 5.91 Å². The summed E-state index contributed by atoms with van der Waals surface area (Å²) in [6, 6.07) is 7.85. The summed E-state index contributed by atoms with van der Waals surface area (Å²) < 4.78 is 37.2. The van der Waals surface area contributed by atoms with E-state index in [0.29, 0.717) is 5.69 Å². The lowest BCUT2D eigenvalue weighted by atomic mass is 10.2. The lowest BCUT2D eigenvalue weighted by Gasteiger charge is -2.08. The van der Waals surface area contributed by atoms with Crippen LogP contribution in [0.2, 0.25) is 0 Å². The molecule has 2 aromatic rings. The van der Waals surface area contributed by atoms with Crippen LogP contribution in [0.5, 0.6) is 0 Å². The fourth-order valence-electron chi connectivity index (χ4n) is 1.63. The second kappa shape index (κ2) is 7.39. The quantitative estimate of drug-likeness (QED) is 0.657. The molecule has 1 amide bonds. The van der Waals surface area contributed by atoms with Crippen molar-refractivity contribution in [2.75, 3.05) is 11.9 Å². The van der Waals surface area contributed by atoms with Crippen LogP contribution in [0.15, 0.2) is 53.9 Å². The van der Waals surface area contributed by atoms with Crippen LogP contribution in [-0.2, 0) is 11.0 Å². The van der Waals surface area contributed by atoms with Crippen LogP contribution in [0.3, 0.4) is 0 Å². The molecule has 0 bridgehead atoms. The zero-order valence-electron chi connectivity index (χ0n) is 11.8. The number of anilines is 1. The Bertz CT molecular complexity index is 669. The number of carbonyl (C=O) groups excluding carboxylic acids is 1. The summed E-state index contributed by atoms with van der Waals surface area (Å²) in [4.78, 5) is 15.4. The van der Waals surface area contributed by atoms with E-state index in [1.807, 2.05) is 0 Å². The number of benzene rings is 1. The predicted molar refractivity (Wildman–Crippen MR) is 79.9 cm³/mol. The first-order chi connectivity index (χ1) is 10.9. The standard InChI is InChI=1S/C15H13F3N4O/c16-15(17,18)12-1-3-13(4-2-12)20-10-14(23)22-21-9-11-5-7-19-8-6-11/h1-9,20H,10H2,(H,22,23)/b21-9+. The van der Waals surface area contributed by atoms with Gasteiger partial charge < -0.3 is 5.32 Å². The number of hydrogen-bond donors (Lipinski definition) is 2. The molecule has 1 aromatic heterocycles. The highest BCUT2D eigenvalue weighted by Gasteiger charge is 2.29. The van der Waals surface area contributed by atoms with Crippen LogP contribution in [0.1, 0.15) is 11.1 Å². The van der Waals surface area contributed by atoms with E-state index in [9.17, 15) is 18.0 Å². The molecule has 120 valence electrons. The Morgan fingerprint density at radius 3 is 2.39 bits per heavy atom. The lowest BCUT2D eigenvalue weighted by molar-refractivity contribution is -0.137. The molecule has 0 aliphatic heterocycles. The minimum Gasteiger partial charge on any atom is -0.376 e.